The molecule has 0 aliphatic carbocycles. The first-order valence-corrected chi connectivity index (χ1v) is 14.7. The lowest BCUT2D eigenvalue weighted by Crippen LogP contribution is -2.16. The third-order valence-corrected chi connectivity index (χ3v) is 6.78. The third-order valence-electron chi connectivity index (χ3n) is 6.22. The van der Waals surface area contributed by atoms with E-state index in [2.05, 4.69) is 8.75 Å². The maximum absolute atomic E-state index is 14.1. The highest BCUT2D eigenvalue weighted by atomic mass is 32.1. The molecule has 0 spiro atoms. The van der Waals surface area contributed by atoms with E-state index in [-0.39, 0.29) is 35.9 Å². The summed E-state index contributed by atoms with van der Waals surface area (Å²) in [7, 11) is 1.54. The maximum atomic E-state index is 14.1. The molecule has 0 unspecified atom stereocenters. The number of hydrogen-bond donors (Lipinski definition) is 1. The van der Waals surface area contributed by atoms with Gasteiger partial charge in [0.2, 0.25) is 5.75 Å². The SMILES string of the molecule is COc1ccc(C(=O)/C(Cc2cc(OC(C)C)c(OC(C)C)c(OC(C)C)c2)=C(\C(=O)O)c2ccc3nsnc3c2)cc1. The number of aliphatic carboxylic acids is 1. The fourth-order valence-corrected chi connectivity index (χ4v) is 5.05. The van der Waals surface area contributed by atoms with Gasteiger partial charge in [-0.25, -0.2) is 4.79 Å². The van der Waals surface area contributed by atoms with Crippen LogP contribution in [0.15, 0.2) is 60.2 Å². The number of Topliss-reactive ketones (excluding diaryl/α,β-unsaturated/α-hetero) is 1. The fourth-order valence-electron chi connectivity index (χ4n) is 4.54. The quantitative estimate of drug-likeness (QED) is 0.127. The van der Waals surface area contributed by atoms with Gasteiger partial charge in [-0.15, -0.1) is 0 Å². The molecule has 0 atom stereocenters. The minimum atomic E-state index is -1.24. The first-order valence-electron chi connectivity index (χ1n) is 14.0. The molecule has 9 nitrogen and oxygen atoms in total. The Morgan fingerprint density at radius 2 is 1.33 bits per heavy atom. The summed E-state index contributed by atoms with van der Waals surface area (Å²) in [6.07, 6.45) is -0.540. The highest BCUT2D eigenvalue weighted by Crippen LogP contribution is 2.42. The molecule has 0 aliphatic rings. The zero-order valence-electron chi connectivity index (χ0n) is 25.3. The van der Waals surface area contributed by atoms with Crippen LogP contribution >= 0.6 is 11.7 Å². The second-order valence-corrected chi connectivity index (χ2v) is 11.3. The van der Waals surface area contributed by atoms with E-state index in [4.69, 9.17) is 18.9 Å². The van der Waals surface area contributed by atoms with Crippen molar-refractivity contribution in [2.75, 3.05) is 7.11 Å². The van der Waals surface area contributed by atoms with E-state index in [1.54, 1.807) is 54.6 Å². The van der Waals surface area contributed by atoms with Crippen molar-refractivity contribution in [3.63, 3.8) is 0 Å². The van der Waals surface area contributed by atoms with Gasteiger partial charge >= 0.3 is 5.97 Å². The molecule has 4 rings (SSSR count). The monoisotopic (exact) mass is 604 g/mol. The third kappa shape index (κ3) is 7.70. The molecule has 1 aromatic heterocycles. The molecule has 0 saturated heterocycles. The number of methoxy groups -OCH3 is 1. The van der Waals surface area contributed by atoms with Crippen molar-refractivity contribution in [3.8, 4) is 23.0 Å². The summed E-state index contributed by atoms with van der Waals surface area (Å²) in [6.45, 7) is 11.4. The number of ketones is 1. The minimum absolute atomic E-state index is 0.0231. The van der Waals surface area contributed by atoms with Gasteiger partial charge in [0.25, 0.3) is 0 Å². The molecule has 10 heteroatoms. The Morgan fingerprint density at radius 3 is 1.86 bits per heavy atom. The number of fused-ring (bicyclic) bond motifs is 1. The number of rotatable bonds is 13. The fraction of sp³-hybridized carbons (Fsp3) is 0.333. The van der Waals surface area contributed by atoms with Gasteiger partial charge in [-0.05, 0) is 101 Å². The van der Waals surface area contributed by atoms with Crippen molar-refractivity contribution in [1.82, 2.24) is 8.75 Å². The van der Waals surface area contributed by atoms with Crippen LogP contribution in [0.5, 0.6) is 23.0 Å². The van der Waals surface area contributed by atoms with Gasteiger partial charge in [-0.3, -0.25) is 4.79 Å². The summed E-state index contributed by atoms with van der Waals surface area (Å²) >= 11 is 1.04. The molecule has 0 saturated carbocycles. The van der Waals surface area contributed by atoms with E-state index in [1.807, 2.05) is 41.5 Å². The van der Waals surface area contributed by atoms with E-state index in [9.17, 15) is 14.7 Å². The van der Waals surface area contributed by atoms with Gasteiger partial charge in [0.05, 0.1) is 42.7 Å². The standard InChI is InChI=1S/C33H36N2O7S/c1-18(2)40-28-15-21(16-29(41-19(3)4)32(28)42-20(5)6)14-25(31(36)22-8-11-24(39-7)12-9-22)30(33(37)38)23-10-13-26-27(17-23)35-43-34-26/h8-13,15-20H,14H2,1-7H3,(H,37,38)/b30-25-. The molecule has 3 aromatic carbocycles. The molecular formula is C33H36N2O7S. The van der Waals surface area contributed by atoms with Crippen molar-refractivity contribution in [2.45, 2.75) is 66.3 Å². The average molecular weight is 605 g/mol. The van der Waals surface area contributed by atoms with Crippen LogP contribution in [0.25, 0.3) is 16.6 Å². The van der Waals surface area contributed by atoms with Gasteiger partial charge in [0.1, 0.15) is 16.8 Å². The van der Waals surface area contributed by atoms with Crippen LogP contribution in [0.1, 0.15) is 63.0 Å². The van der Waals surface area contributed by atoms with Crippen LogP contribution in [0, 0.1) is 0 Å². The number of benzene rings is 3. The summed E-state index contributed by atoms with van der Waals surface area (Å²) in [4.78, 5) is 27.1. The largest absolute Gasteiger partial charge is 0.497 e. The molecule has 0 amide bonds. The van der Waals surface area contributed by atoms with Crippen molar-refractivity contribution >= 4 is 40.1 Å². The molecule has 0 fully saturated rings. The van der Waals surface area contributed by atoms with E-state index < -0.39 is 11.8 Å². The number of ether oxygens (including phenoxy) is 4. The summed E-state index contributed by atoms with van der Waals surface area (Å²) in [5.74, 6) is 0.245. The van der Waals surface area contributed by atoms with E-state index in [0.717, 1.165) is 11.7 Å². The molecule has 4 aromatic rings. The molecule has 0 aliphatic heterocycles. The van der Waals surface area contributed by atoms with Gasteiger partial charge in [-0.1, -0.05) is 6.07 Å². The highest BCUT2D eigenvalue weighted by Gasteiger charge is 2.26. The van der Waals surface area contributed by atoms with Crippen LogP contribution in [0.2, 0.25) is 0 Å². The number of carbonyl (C=O) groups is 2. The zero-order chi connectivity index (χ0) is 31.3. The Labute approximate surface area is 255 Å². The number of allylic oxidation sites excluding steroid dienone is 1. The van der Waals surface area contributed by atoms with Crippen molar-refractivity contribution in [2.24, 2.45) is 0 Å². The number of carboxylic acid groups (broad SMARTS) is 1. The van der Waals surface area contributed by atoms with Crippen LogP contribution < -0.4 is 18.9 Å². The van der Waals surface area contributed by atoms with Crippen LogP contribution in [0.4, 0.5) is 0 Å². The Bertz CT molecular complexity index is 1610. The van der Waals surface area contributed by atoms with Crippen LogP contribution in [0.3, 0.4) is 0 Å². The number of hydrogen-bond acceptors (Lipinski definition) is 9. The lowest BCUT2D eigenvalue weighted by Gasteiger charge is -2.23. The van der Waals surface area contributed by atoms with Crippen molar-refractivity contribution in [1.29, 1.82) is 0 Å². The Morgan fingerprint density at radius 1 is 0.767 bits per heavy atom. The molecule has 1 heterocycles. The molecule has 1 N–H and O–H groups in total. The summed E-state index contributed by atoms with van der Waals surface area (Å²) in [6, 6.07) is 15.1. The van der Waals surface area contributed by atoms with Crippen LogP contribution in [-0.4, -0.2) is 51.0 Å². The number of nitrogens with zero attached hydrogens (tertiary/aromatic N) is 2. The predicted molar refractivity (Wildman–Crippen MR) is 167 cm³/mol. The Balaban J connectivity index is 1.95. The summed E-state index contributed by atoms with van der Waals surface area (Å²) in [5, 5.41) is 10.5. The first kappa shape index (κ1) is 31.5. The number of carbonyl (C=O) groups excluding carboxylic acids is 1. The smallest absolute Gasteiger partial charge is 0.336 e. The average Bonchev–Trinajstić information content (AvgIpc) is 3.41. The highest BCUT2D eigenvalue weighted by molar-refractivity contribution is 7.00. The number of aromatic nitrogens is 2. The zero-order valence-corrected chi connectivity index (χ0v) is 26.2. The van der Waals surface area contributed by atoms with Gasteiger partial charge in [0.15, 0.2) is 17.3 Å². The second kappa shape index (κ2) is 13.7. The maximum Gasteiger partial charge on any atom is 0.336 e. The van der Waals surface area contributed by atoms with Gasteiger partial charge in [-0.2, -0.15) is 8.75 Å². The number of carboxylic acids is 1. The summed E-state index contributed by atoms with van der Waals surface area (Å²) in [5.41, 5.74) is 2.44. The molecule has 226 valence electrons. The Kier molecular flexibility index (Phi) is 10.0. The lowest BCUT2D eigenvalue weighted by molar-refractivity contribution is -0.130. The van der Waals surface area contributed by atoms with Crippen molar-refractivity contribution < 1.29 is 33.6 Å². The van der Waals surface area contributed by atoms with E-state index >= 15 is 0 Å². The van der Waals surface area contributed by atoms with Crippen molar-refractivity contribution in [3.05, 3.63) is 76.9 Å². The lowest BCUT2D eigenvalue weighted by atomic mass is 9.89. The first-order chi connectivity index (χ1) is 20.5. The van der Waals surface area contributed by atoms with Gasteiger partial charge in [0, 0.05) is 17.6 Å². The molecular weight excluding hydrogens is 568 g/mol. The molecule has 43 heavy (non-hydrogen) atoms. The Hall–Kier alpha value is -4.44. The molecule has 0 radical (unpaired) electrons. The topological polar surface area (TPSA) is 117 Å². The summed E-state index contributed by atoms with van der Waals surface area (Å²) < 4.78 is 32.1. The van der Waals surface area contributed by atoms with Gasteiger partial charge < -0.3 is 24.1 Å². The normalized spacial score (nSPS) is 12.0. The minimum Gasteiger partial charge on any atom is -0.497 e. The second-order valence-electron chi connectivity index (χ2n) is 10.8. The molecule has 0 bridgehead atoms. The predicted octanol–water partition coefficient (Wildman–Crippen LogP) is 7.03. The van der Waals surface area contributed by atoms with Crippen LogP contribution in [-0.2, 0) is 11.2 Å². The van der Waals surface area contributed by atoms with E-state index in [1.165, 1.54) is 7.11 Å². The van der Waals surface area contributed by atoms with E-state index in [0.29, 0.717) is 50.7 Å².